The fourth-order valence-corrected chi connectivity index (χ4v) is 3.32. The van der Waals surface area contributed by atoms with Gasteiger partial charge in [-0.25, -0.2) is 0 Å². The van der Waals surface area contributed by atoms with Crippen LogP contribution >= 0.6 is 11.6 Å². The van der Waals surface area contributed by atoms with Gasteiger partial charge in [-0.1, -0.05) is 29.8 Å². The number of hydrogen-bond donors (Lipinski definition) is 0. The summed E-state index contributed by atoms with van der Waals surface area (Å²) in [6.45, 7) is 2.15. The topological polar surface area (TPSA) is 51.5 Å². The maximum Gasteiger partial charge on any atom is 0.262 e. The van der Waals surface area contributed by atoms with Crippen molar-refractivity contribution in [2.45, 2.75) is 0 Å². The molecule has 0 radical (unpaired) electrons. The molecule has 4 rings (SSSR count). The molecule has 1 saturated heterocycles. The van der Waals surface area contributed by atoms with Gasteiger partial charge < -0.3 is 9.64 Å². The van der Waals surface area contributed by atoms with E-state index in [4.69, 9.17) is 16.3 Å². The van der Waals surface area contributed by atoms with E-state index in [0.717, 1.165) is 0 Å². The number of morpholine rings is 1. The Morgan fingerprint density at radius 3 is 2.31 bits per heavy atom. The van der Waals surface area contributed by atoms with Gasteiger partial charge in [0.25, 0.3) is 11.5 Å². The molecule has 0 bridgehead atoms. The second-order valence-corrected chi connectivity index (χ2v) is 6.58. The second-order valence-electron chi connectivity index (χ2n) is 6.14. The van der Waals surface area contributed by atoms with Gasteiger partial charge in [0.15, 0.2) is 0 Å². The first-order chi connectivity index (χ1) is 12.6. The number of nitrogens with zero attached hydrogens (tertiary/aromatic N) is 2. The average Bonchev–Trinajstić information content (AvgIpc) is 2.69. The summed E-state index contributed by atoms with van der Waals surface area (Å²) >= 11 is 5.96. The Balaban J connectivity index is 1.91. The van der Waals surface area contributed by atoms with Crippen LogP contribution in [-0.4, -0.2) is 41.7 Å². The Morgan fingerprint density at radius 2 is 1.62 bits per heavy atom. The van der Waals surface area contributed by atoms with E-state index < -0.39 is 0 Å². The van der Waals surface area contributed by atoms with Crippen molar-refractivity contribution in [2.75, 3.05) is 26.3 Å². The zero-order valence-corrected chi connectivity index (χ0v) is 14.8. The summed E-state index contributed by atoms with van der Waals surface area (Å²) in [4.78, 5) is 27.8. The molecule has 0 atom stereocenters. The minimum atomic E-state index is -0.165. The molecule has 0 N–H and O–H groups in total. The Labute approximate surface area is 155 Å². The van der Waals surface area contributed by atoms with Crippen molar-refractivity contribution in [3.05, 3.63) is 75.7 Å². The van der Waals surface area contributed by atoms with Gasteiger partial charge in [-0.15, -0.1) is 0 Å². The number of ether oxygens (including phenoxy) is 1. The molecule has 6 heteroatoms. The van der Waals surface area contributed by atoms with Gasteiger partial charge in [0.1, 0.15) is 0 Å². The standard InChI is InChI=1S/C20H17ClN2O3/c21-14-5-7-15(8-6-14)23-13-18(19(24)22-9-11-26-12-10-22)16-3-1-2-4-17(16)20(23)25/h1-8,13H,9-12H2. The highest BCUT2D eigenvalue weighted by Crippen LogP contribution is 2.20. The van der Waals surface area contributed by atoms with E-state index >= 15 is 0 Å². The maximum atomic E-state index is 13.1. The van der Waals surface area contributed by atoms with Gasteiger partial charge in [-0.3, -0.25) is 14.2 Å². The van der Waals surface area contributed by atoms with Gasteiger partial charge in [-0.05, 0) is 30.3 Å². The third-order valence-corrected chi connectivity index (χ3v) is 4.81. The van der Waals surface area contributed by atoms with Crippen molar-refractivity contribution in [3.63, 3.8) is 0 Å². The van der Waals surface area contributed by atoms with E-state index in [1.807, 2.05) is 12.1 Å². The third-order valence-electron chi connectivity index (χ3n) is 4.56. The quantitative estimate of drug-likeness (QED) is 0.698. The van der Waals surface area contributed by atoms with Crippen LogP contribution in [0.1, 0.15) is 10.4 Å². The van der Waals surface area contributed by atoms with E-state index in [1.165, 1.54) is 4.57 Å². The summed E-state index contributed by atoms with van der Waals surface area (Å²) in [5, 5.41) is 1.77. The number of carbonyl (C=O) groups is 1. The van der Waals surface area contributed by atoms with Crippen LogP contribution in [0.5, 0.6) is 0 Å². The molecule has 1 aliphatic rings. The minimum absolute atomic E-state index is 0.0905. The average molecular weight is 369 g/mol. The highest BCUT2D eigenvalue weighted by atomic mass is 35.5. The lowest BCUT2D eigenvalue weighted by Crippen LogP contribution is -2.41. The summed E-state index contributed by atoms with van der Waals surface area (Å²) < 4.78 is 6.84. The fraction of sp³-hybridized carbons (Fsp3) is 0.200. The van der Waals surface area contributed by atoms with Crippen molar-refractivity contribution in [2.24, 2.45) is 0 Å². The predicted octanol–water partition coefficient (Wildman–Crippen LogP) is 3.12. The number of fused-ring (bicyclic) bond motifs is 1. The molecule has 5 nitrogen and oxygen atoms in total. The highest BCUT2D eigenvalue weighted by Gasteiger charge is 2.22. The van der Waals surface area contributed by atoms with Gasteiger partial charge in [0.05, 0.1) is 18.8 Å². The van der Waals surface area contributed by atoms with Crippen molar-refractivity contribution >= 4 is 28.3 Å². The van der Waals surface area contributed by atoms with E-state index in [0.29, 0.717) is 53.3 Å². The maximum absolute atomic E-state index is 13.1. The number of amides is 1. The number of benzene rings is 2. The van der Waals surface area contributed by atoms with Crippen molar-refractivity contribution in [1.29, 1.82) is 0 Å². The normalized spacial score (nSPS) is 14.6. The van der Waals surface area contributed by atoms with Crippen LogP contribution in [0.15, 0.2) is 59.5 Å². The lowest BCUT2D eigenvalue weighted by atomic mass is 10.1. The zero-order chi connectivity index (χ0) is 18.1. The molecular weight excluding hydrogens is 352 g/mol. The Hall–Kier alpha value is -2.63. The molecule has 26 heavy (non-hydrogen) atoms. The number of carbonyl (C=O) groups excluding carboxylic acids is 1. The van der Waals surface area contributed by atoms with Gasteiger partial charge >= 0.3 is 0 Å². The number of pyridine rings is 1. The van der Waals surface area contributed by atoms with Crippen LogP contribution in [0.2, 0.25) is 5.02 Å². The molecule has 1 aromatic heterocycles. The first-order valence-corrected chi connectivity index (χ1v) is 8.80. The smallest absolute Gasteiger partial charge is 0.262 e. The SMILES string of the molecule is O=C(c1cn(-c2ccc(Cl)cc2)c(=O)c2ccccc12)N1CCOCC1. The number of rotatable bonds is 2. The zero-order valence-electron chi connectivity index (χ0n) is 14.0. The molecule has 2 aromatic carbocycles. The summed E-state index contributed by atoms with van der Waals surface area (Å²) in [7, 11) is 0. The molecule has 3 aromatic rings. The summed E-state index contributed by atoms with van der Waals surface area (Å²) in [6.07, 6.45) is 1.63. The molecule has 0 aliphatic carbocycles. The van der Waals surface area contributed by atoms with Crippen LogP contribution < -0.4 is 5.56 Å². The molecular formula is C20H17ClN2O3. The second kappa shape index (κ2) is 6.94. The first kappa shape index (κ1) is 16.8. The monoisotopic (exact) mass is 368 g/mol. The van der Waals surface area contributed by atoms with Gasteiger partial charge in [0.2, 0.25) is 0 Å². The van der Waals surface area contributed by atoms with Gasteiger partial charge in [-0.2, -0.15) is 0 Å². The summed E-state index contributed by atoms with van der Waals surface area (Å²) in [5.41, 5.74) is 1.01. The third kappa shape index (κ3) is 3.00. The number of aromatic nitrogens is 1. The Kier molecular flexibility index (Phi) is 4.49. The molecule has 1 fully saturated rings. The number of hydrogen-bond acceptors (Lipinski definition) is 3. The molecule has 0 spiro atoms. The van der Waals surface area contributed by atoms with Crippen LogP contribution in [0.3, 0.4) is 0 Å². The first-order valence-electron chi connectivity index (χ1n) is 8.42. The molecule has 132 valence electrons. The molecule has 0 unspecified atom stereocenters. The van der Waals surface area contributed by atoms with E-state index in [-0.39, 0.29) is 11.5 Å². The van der Waals surface area contributed by atoms with Crippen molar-refractivity contribution in [1.82, 2.24) is 9.47 Å². The van der Waals surface area contributed by atoms with Crippen molar-refractivity contribution < 1.29 is 9.53 Å². The van der Waals surface area contributed by atoms with E-state index in [2.05, 4.69) is 0 Å². The minimum Gasteiger partial charge on any atom is -0.378 e. The fourth-order valence-electron chi connectivity index (χ4n) is 3.19. The van der Waals surface area contributed by atoms with E-state index in [1.54, 1.807) is 47.5 Å². The molecule has 0 saturated carbocycles. The lowest BCUT2D eigenvalue weighted by Gasteiger charge is -2.27. The molecule has 1 aliphatic heterocycles. The van der Waals surface area contributed by atoms with Crippen LogP contribution in [0, 0.1) is 0 Å². The predicted molar refractivity (Wildman–Crippen MR) is 101 cm³/mol. The van der Waals surface area contributed by atoms with Crippen molar-refractivity contribution in [3.8, 4) is 5.69 Å². The highest BCUT2D eigenvalue weighted by molar-refractivity contribution is 6.30. The Bertz CT molecular complexity index is 1020. The molecule has 1 amide bonds. The number of halogens is 1. The van der Waals surface area contributed by atoms with Crippen LogP contribution in [-0.2, 0) is 4.74 Å². The van der Waals surface area contributed by atoms with Gasteiger partial charge in [0, 0.05) is 40.8 Å². The lowest BCUT2D eigenvalue weighted by molar-refractivity contribution is 0.0304. The van der Waals surface area contributed by atoms with Crippen LogP contribution in [0.4, 0.5) is 0 Å². The van der Waals surface area contributed by atoms with Crippen LogP contribution in [0.25, 0.3) is 16.5 Å². The summed E-state index contributed by atoms with van der Waals surface area (Å²) in [6, 6.07) is 14.2. The Morgan fingerprint density at radius 1 is 0.962 bits per heavy atom. The largest absolute Gasteiger partial charge is 0.378 e. The summed E-state index contributed by atoms with van der Waals surface area (Å²) in [5.74, 6) is -0.0905. The molecule has 2 heterocycles. The van der Waals surface area contributed by atoms with E-state index in [9.17, 15) is 9.59 Å².